The van der Waals surface area contributed by atoms with E-state index in [1.54, 1.807) is 44.2 Å². The average molecular weight is 408 g/mol. The van der Waals surface area contributed by atoms with Gasteiger partial charge >= 0.3 is 6.18 Å². The van der Waals surface area contributed by atoms with Gasteiger partial charge in [0.05, 0.1) is 11.4 Å². The third kappa shape index (κ3) is 5.96. The Kier molecular flexibility index (Phi) is 7.40. The lowest BCUT2D eigenvalue weighted by Crippen LogP contribution is -2.19. The molecule has 1 heterocycles. The van der Waals surface area contributed by atoms with Crippen molar-refractivity contribution in [1.82, 2.24) is 4.98 Å². The second-order valence-corrected chi connectivity index (χ2v) is 6.45. The minimum atomic E-state index is -4.69. The monoisotopic (exact) mass is 407 g/mol. The highest BCUT2D eigenvalue weighted by molar-refractivity contribution is 6.31. The predicted octanol–water partition coefficient (Wildman–Crippen LogP) is 6.62. The fourth-order valence-corrected chi connectivity index (χ4v) is 2.77. The highest BCUT2D eigenvalue weighted by Gasteiger charge is 2.39. The summed E-state index contributed by atoms with van der Waals surface area (Å²) in [4.78, 5) is 8.06. The van der Waals surface area contributed by atoms with Crippen LogP contribution in [-0.2, 0) is 0 Å². The van der Waals surface area contributed by atoms with E-state index in [4.69, 9.17) is 11.6 Å². The number of aromatic nitrogens is 1. The van der Waals surface area contributed by atoms with Gasteiger partial charge in [-0.2, -0.15) is 13.2 Å². The van der Waals surface area contributed by atoms with Crippen molar-refractivity contribution in [3.8, 4) is 0 Å². The van der Waals surface area contributed by atoms with Crippen molar-refractivity contribution in [3.05, 3.63) is 82.4 Å². The molecule has 0 fully saturated rings. The van der Waals surface area contributed by atoms with Crippen LogP contribution >= 0.6 is 11.6 Å². The summed E-state index contributed by atoms with van der Waals surface area (Å²) in [6, 6.07) is 12.1. The number of anilines is 1. The van der Waals surface area contributed by atoms with Gasteiger partial charge in [0.1, 0.15) is 10.7 Å². The van der Waals surface area contributed by atoms with Crippen molar-refractivity contribution in [2.24, 2.45) is 4.99 Å². The van der Waals surface area contributed by atoms with Gasteiger partial charge in [-0.25, -0.2) is 4.99 Å². The number of benzene rings is 1. The quantitative estimate of drug-likeness (QED) is 0.332. The second-order valence-electron chi connectivity index (χ2n) is 6.09. The van der Waals surface area contributed by atoms with Gasteiger partial charge < -0.3 is 5.32 Å². The largest absolute Gasteiger partial charge is 0.421 e. The van der Waals surface area contributed by atoms with Crippen LogP contribution in [0, 0.1) is 6.92 Å². The van der Waals surface area contributed by atoms with Crippen molar-refractivity contribution in [1.29, 1.82) is 0 Å². The average Bonchev–Trinajstić information content (AvgIpc) is 2.63. The minimum absolute atomic E-state index is 0.138. The molecule has 3 nitrogen and oxygen atoms in total. The van der Waals surface area contributed by atoms with Gasteiger partial charge in [-0.1, -0.05) is 48.4 Å². The number of aliphatic imine (C=N–C) groups is 1. The van der Waals surface area contributed by atoms with Crippen LogP contribution in [0.1, 0.15) is 31.5 Å². The van der Waals surface area contributed by atoms with E-state index in [9.17, 15) is 13.2 Å². The Morgan fingerprint density at radius 1 is 1.18 bits per heavy atom. The molecule has 0 amide bonds. The molecule has 1 aromatic heterocycles. The molecule has 148 valence electrons. The minimum Gasteiger partial charge on any atom is -0.355 e. The summed E-state index contributed by atoms with van der Waals surface area (Å²) in [5.74, 6) is 0. The molecule has 0 saturated carbocycles. The van der Waals surface area contributed by atoms with Gasteiger partial charge in [0.15, 0.2) is 0 Å². The van der Waals surface area contributed by atoms with Gasteiger partial charge in [-0.3, -0.25) is 4.98 Å². The van der Waals surface area contributed by atoms with E-state index >= 15 is 0 Å². The van der Waals surface area contributed by atoms with Crippen molar-refractivity contribution >= 4 is 23.0 Å². The van der Waals surface area contributed by atoms with Gasteiger partial charge in [-0.15, -0.1) is 0 Å². The van der Waals surface area contributed by atoms with Crippen LogP contribution in [0.2, 0.25) is 0 Å². The van der Waals surface area contributed by atoms with Gasteiger partial charge in [0.25, 0.3) is 0 Å². The Labute approximate surface area is 167 Å². The lowest BCUT2D eigenvalue weighted by Gasteiger charge is -2.18. The van der Waals surface area contributed by atoms with Crippen LogP contribution in [0.15, 0.2) is 76.2 Å². The van der Waals surface area contributed by atoms with E-state index in [-0.39, 0.29) is 5.70 Å². The maximum Gasteiger partial charge on any atom is 0.421 e. The number of allylic oxidation sites excluding steroid dienone is 2. The van der Waals surface area contributed by atoms with E-state index in [0.29, 0.717) is 23.5 Å². The van der Waals surface area contributed by atoms with Gasteiger partial charge in [0, 0.05) is 17.6 Å². The zero-order valence-corrected chi connectivity index (χ0v) is 16.6. The standard InChI is InChI=1S/C21H21ClF3N3/c1-4-7-18(28-16-11-9-14(2)10-12-16)19(21(23,24)25)20(22)27-15(3)17-8-5-6-13-26-17/h5-13,28H,4H2,1-3H3/b18-7-,20-19+,27-15?. The number of pyridine rings is 1. The number of aryl methyl sites for hydroxylation is 1. The number of halogens is 4. The summed E-state index contributed by atoms with van der Waals surface area (Å²) < 4.78 is 41.6. The Morgan fingerprint density at radius 2 is 1.86 bits per heavy atom. The summed E-state index contributed by atoms with van der Waals surface area (Å²) in [5, 5.41) is 2.18. The zero-order valence-electron chi connectivity index (χ0n) is 15.8. The topological polar surface area (TPSA) is 37.3 Å². The first-order valence-corrected chi connectivity index (χ1v) is 9.08. The molecule has 0 atom stereocenters. The number of hydrogen-bond acceptors (Lipinski definition) is 3. The van der Waals surface area contributed by atoms with Crippen LogP contribution in [0.4, 0.5) is 18.9 Å². The van der Waals surface area contributed by atoms with Crippen LogP contribution in [0.25, 0.3) is 0 Å². The normalized spacial score (nSPS) is 14.0. The molecule has 1 N–H and O–H groups in total. The molecule has 1 aromatic carbocycles. The van der Waals surface area contributed by atoms with Crippen molar-refractivity contribution in [2.75, 3.05) is 5.32 Å². The third-order valence-corrected chi connectivity index (χ3v) is 4.07. The van der Waals surface area contributed by atoms with Crippen molar-refractivity contribution in [2.45, 2.75) is 33.4 Å². The summed E-state index contributed by atoms with van der Waals surface area (Å²) in [5.41, 5.74) is 1.12. The number of hydrogen-bond donors (Lipinski definition) is 1. The van der Waals surface area contributed by atoms with Crippen LogP contribution < -0.4 is 5.32 Å². The first kappa shape index (κ1) is 21.7. The molecule has 0 aliphatic rings. The van der Waals surface area contributed by atoms with Gasteiger partial charge in [0.2, 0.25) is 0 Å². The molecule has 0 radical (unpaired) electrons. The molecule has 7 heteroatoms. The van der Waals surface area contributed by atoms with E-state index in [2.05, 4.69) is 15.3 Å². The predicted molar refractivity (Wildman–Crippen MR) is 109 cm³/mol. The molecule has 0 unspecified atom stereocenters. The first-order chi connectivity index (χ1) is 13.2. The lowest BCUT2D eigenvalue weighted by atomic mass is 10.1. The van der Waals surface area contributed by atoms with Crippen LogP contribution in [0.5, 0.6) is 0 Å². The molecule has 0 aliphatic carbocycles. The number of alkyl halides is 3. The Balaban J connectivity index is 2.50. The smallest absolute Gasteiger partial charge is 0.355 e. The maximum atomic E-state index is 13.9. The Hall–Kier alpha value is -2.60. The van der Waals surface area contributed by atoms with Crippen LogP contribution in [-0.4, -0.2) is 16.9 Å². The van der Waals surface area contributed by atoms with E-state index in [1.165, 1.54) is 12.3 Å². The summed E-state index contributed by atoms with van der Waals surface area (Å²) >= 11 is 6.06. The molecule has 0 spiro atoms. The summed E-state index contributed by atoms with van der Waals surface area (Å²) in [6.07, 6.45) is -1.32. The van der Waals surface area contributed by atoms with Crippen molar-refractivity contribution < 1.29 is 13.2 Å². The Bertz CT molecular complexity index is 883. The molecule has 28 heavy (non-hydrogen) atoms. The molecule has 0 aliphatic heterocycles. The highest BCUT2D eigenvalue weighted by atomic mass is 35.5. The van der Waals surface area contributed by atoms with Crippen LogP contribution in [0.3, 0.4) is 0 Å². The molecule has 0 saturated heterocycles. The second kappa shape index (κ2) is 9.55. The highest BCUT2D eigenvalue weighted by Crippen LogP contribution is 2.36. The van der Waals surface area contributed by atoms with Crippen molar-refractivity contribution in [3.63, 3.8) is 0 Å². The van der Waals surface area contributed by atoms with E-state index < -0.39 is 16.9 Å². The Morgan fingerprint density at radius 3 is 2.39 bits per heavy atom. The number of rotatable bonds is 6. The van der Waals surface area contributed by atoms with E-state index in [1.807, 2.05) is 19.1 Å². The van der Waals surface area contributed by atoms with Gasteiger partial charge in [-0.05, 0) is 44.5 Å². The molecule has 2 aromatic rings. The molecular weight excluding hydrogens is 387 g/mol. The molecule has 0 bridgehead atoms. The SMILES string of the molecule is CC/C=C(Nc1ccc(C)cc1)/C(=C(/Cl)N=C(C)c1ccccn1)C(F)(F)F. The third-order valence-electron chi connectivity index (χ3n) is 3.80. The number of nitrogens with one attached hydrogen (secondary N) is 1. The summed E-state index contributed by atoms with van der Waals surface area (Å²) in [7, 11) is 0. The molecule has 2 rings (SSSR count). The molecular formula is C21H21ClF3N3. The first-order valence-electron chi connectivity index (χ1n) is 8.70. The lowest BCUT2D eigenvalue weighted by molar-refractivity contribution is -0.0896. The fourth-order valence-electron chi connectivity index (χ4n) is 2.43. The fraction of sp³-hybridized carbons (Fsp3) is 0.238. The zero-order chi connectivity index (χ0) is 20.7. The summed E-state index contributed by atoms with van der Waals surface area (Å²) in [6.45, 7) is 5.22. The maximum absolute atomic E-state index is 13.9. The van der Waals surface area contributed by atoms with E-state index in [0.717, 1.165) is 5.56 Å². The number of nitrogens with zero attached hydrogens (tertiary/aromatic N) is 2.